The zero-order chi connectivity index (χ0) is 20.5. The fourth-order valence-corrected chi connectivity index (χ4v) is 4.50. The Hall–Kier alpha value is -2.38. The van der Waals surface area contributed by atoms with E-state index in [-0.39, 0.29) is 35.8 Å². The average Bonchev–Trinajstić information content (AvgIpc) is 3.48. The van der Waals surface area contributed by atoms with Crippen LogP contribution in [0.4, 0.5) is 0 Å². The van der Waals surface area contributed by atoms with Gasteiger partial charge in [0.15, 0.2) is 5.69 Å². The highest BCUT2D eigenvalue weighted by Crippen LogP contribution is 2.48. The predicted octanol–water partition coefficient (Wildman–Crippen LogP) is 2.79. The molecule has 2 atom stereocenters. The molecule has 30 heavy (non-hydrogen) atoms. The van der Waals surface area contributed by atoms with Gasteiger partial charge in [0.2, 0.25) is 5.91 Å². The second kappa shape index (κ2) is 9.18. The third kappa shape index (κ3) is 4.37. The van der Waals surface area contributed by atoms with Crippen LogP contribution in [-0.4, -0.2) is 41.0 Å². The Labute approximate surface area is 182 Å². The molecule has 1 aliphatic heterocycles. The van der Waals surface area contributed by atoms with E-state index in [2.05, 4.69) is 17.3 Å². The lowest BCUT2D eigenvalue weighted by Gasteiger charge is -2.37. The summed E-state index contributed by atoms with van der Waals surface area (Å²) in [4.78, 5) is 26.3. The first-order valence-corrected chi connectivity index (χ1v) is 10.4. The number of halogens is 1. The Morgan fingerprint density at radius 2 is 1.77 bits per heavy atom. The number of likely N-dealkylation sites (tertiary alicyclic amines) is 1. The number of nitrogens with two attached hydrogens (primary N) is 2. The normalized spacial score (nSPS) is 19.1. The molecule has 0 radical (unpaired) electrons. The third-order valence-corrected chi connectivity index (χ3v) is 6.12. The largest absolute Gasteiger partial charge is 0.364 e. The van der Waals surface area contributed by atoms with Gasteiger partial charge in [0.05, 0.1) is 6.04 Å². The first kappa shape index (κ1) is 22.3. The van der Waals surface area contributed by atoms with Gasteiger partial charge >= 0.3 is 0 Å². The molecule has 2 aliphatic rings. The molecule has 1 aliphatic carbocycles. The summed E-state index contributed by atoms with van der Waals surface area (Å²) < 4.78 is 5.63. The van der Waals surface area contributed by atoms with Gasteiger partial charge in [-0.3, -0.25) is 9.59 Å². The van der Waals surface area contributed by atoms with Crippen molar-refractivity contribution in [3.8, 4) is 0 Å². The molecular weight excluding hydrogens is 404 g/mol. The molecule has 1 aromatic heterocycles. The van der Waals surface area contributed by atoms with Crippen molar-refractivity contribution in [1.82, 2.24) is 10.1 Å². The monoisotopic (exact) mass is 432 g/mol. The number of primary amides is 1. The molecule has 4 N–H and O–H groups in total. The number of piperidine rings is 1. The Kier molecular flexibility index (Phi) is 6.83. The van der Waals surface area contributed by atoms with Crippen LogP contribution in [0.15, 0.2) is 34.9 Å². The molecule has 0 unspecified atom stereocenters. The van der Waals surface area contributed by atoms with Crippen molar-refractivity contribution in [3.63, 3.8) is 0 Å². The van der Waals surface area contributed by atoms with E-state index in [4.69, 9.17) is 16.0 Å². The summed E-state index contributed by atoms with van der Waals surface area (Å²) in [5.41, 5.74) is 13.7. The number of carbonyl (C=O) groups is 2. The van der Waals surface area contributed by atoms with Crippen LogP contribution < -0.4 is 11.5 Å². The maximum absolute atomic E-state index is 12.3. The minimum absolute atomic E-state index is 0. The lowest BCUT2D eigenvalue weighted by Crippen LogP contribution is -2.46. The molecule has 1 aromatic carbocycles. The highest BCUT2D eigenvalue weighted by atomic mass is 35.5. The number of rotatable bonds is 6. The zero-order valence-corrected chi connectivity index (χ0v) is 17.9. The maximum atomic E-state index is 12.3. The molecule has 2 aromatic rings. The molecule has 162 valence electrons. The fraction of sp³-hybridized carbons (Fsp3) is 0.500. The van der Waals surface area contributed by atoms with Crippen LogP contribution >= 0.6 is 12.4 Å². The van der Waals surface area contributed by atoms with Crippen molar-refractivity contribution in [2.75, 3.05) is 13.1 Å². The first-order valence-electron chi connectivity index (χ1n) is 10.4. The zero-order valence-electron chi connectivity index (χ0n) is 17.1. The van der Waals surface area contributed by atoms with Crippen molar-refractivity contribution in [2.45, 2.75) is 50.5 Å². The molecule has 0 bridgehead atoms. The average molecular weight is 433 g/mol. The Morgan fingerprint density at radius 1 is 1.13 bits per heavy atom. The molecule has 0 spiro atoms. The van der Waals surface area contributed by atoms with Gasteiger partial charge in [0.25, 0.3) is 5.91 Å². The van der Waals surface area contributed by atoms with Crippen LogP contribution in [0.1, 0.15) is 71.8 Å². The van der Waals surface area contributed by atoms with Crippen molar-refractivity contribution >= 4 is 24.2 Å². The topological polar surface area (TPSA) is 115 Å². The second-order valence-corrected chi connectivity index (χ2v) is 8.29. The van der Waals surface area contributed by atoms with E-state index in [1.807, 2.05) is 23.1 Å². The van der Waals surface area contributed by atoms with Crippen LogP contribution in [0.25, 0.3) is 0 Å². The minimum atomic E-state index is -0.554. The predicted molar refractivity (Wildman–Crippen MR) is 115 cm³/mol. The molecule has 8 heteroatoms. The summed E-state index contributed by atoms with van der Waals surface area (Å²) in [5.74, 6) is 0.776. The smallest absolute Gasteiger partial charge is 0.271 e. The highest BCUT2D eigenvalue weighted by Gasteiger charge is 2.40. The molecular formula is C22H29ClN4O3. The molecule has 2 heterocycles. The quantitative estimate of drug-likeness (QED) is 0.728. The second-order valence-electron chi connectivity index (χ2n) is 8.29. The molecule has 1 saturated heterocycles. The molecule has 2 amide bonds. The molecule has 2 fully saturated rings. The Morgan fingerprint density at radius 3 is 2.30 bits per heavy atom. The Bertz CT molecular complexity index is 887. The van der Waals surface area contributed by atoms with E-state index in [9.17, 15) is 9.59 Å². The van der Waals surface area contributed by atoms with Crippen molar-refractivity contribution in [2.24, 2.45) is 17.4 Å². The van der Waals surface area contributed by atoms with E-state index in [0.717, 1.165) is 42.6 Å². The van der Waals surface area contributed by atoms with Gasteiger partial charge < -0.3 is 20.9 Å². The third-order valence-electron chi connectivity index (χ3n) is 6.12. The van der Waals surface area contributed by atoms with E-state index >= 15 is 0 Å². The van der Waals surface area contributed by atoms with Gasteiger partial charge in [-0.15, -0.1) is 12.4 Å². The summed E-state index contributed by atoms with van der Waals surface area (Å²) in [6.45, 7) is 3.04. The van der Waals surface area contributed by atoms with E-state index in [1.165, 1.54) is 0 Å². The number of benzene rings is 1. The van der Waals surface area contributed by atoms with Gasteiger partial charge in [-0.1, -0.05) is 35.5 Å². The summed E-state index contributed by atoms with van der Waals surface area (Å²) in [6, 6.07) is 9.67. The van der Waals surface area contributed by atoms with Gasteiger partial charge in [-0.05, 0) is 44.1 Å². The molecule has 7 nitrogen and oxygen atoms in total. The standard InChI is InChI=1S/C22H28N4O3.ClH/c1-13(23)22(28)26-11-9-15(10-12-26)17(14-5-3-2-4-6-14)18-19(21(24)27)25-29-20(18)16-7-8-16;/h2-6,13,15-17H,7-12,23H2,1H3,(H2,24,27);1H/t13-,17-;/m0./s1. The van der Waals surface area contributed by atoms with Crippen molar-refractivity contribution in [1.29, 1.82) is 0 Å². The van der Waals surface area contributed by atoms with Gasteiger partial charge in [0.1, 0.15) is 5.76 Å². The molecule has 4 rings (SSSR count). The SMILES string of the molecule is C[C@H](N)C(=O)N1CCC([C@H](c2ccccc2)c2c(C(N)=O)noc2C2CC2)CC1.Cl. The van der Waals surface area contributed by atoms with Crippen LogP contribution in [0.3, 0.4) is 0 Å². The highest BCUT2D eigenvalue weighted by molar-refractivity contribution is 5.93. The van der Waals surface area contributed by atoms with E-state index < -0.39 is 11.9 Å². The van der Waals surface area contributed by atoms with E-state index in [0.29, 0.717) is 19.0 Å². The maximum Gasteiger partial charge on any atom is 0.271 e. The number of carbonyl (C=O) groups excluding carboxylic acids is 2. The van der Waals surface area contributed by atoms with Crippen LogP contribution in [-0.2, 0) is 4.79 Å². The first-order chi connectivity index (χ1) is 14.0. The van der Waals surface area contributed by atoms with Crippen molar-refractivity contribution in [3.05, 3.63) is 52.9 Å². The number of aromatic nitrogens is 1. The summed E-state index contributed by atoms with van der Waals surface area (Å²) in [7, 11) is 0. The summed E-state index contributed by atoms with van der Waals surface area (Å²) in [5, 5.41) is 4.05. The van der Waals surface area contributed by atoms with E-state index in [1.54, 1.807) is 6.92 Å². The number of hydrogen-bond acceptors (Lipinski definition) is 5. The molecule has 1 saturated carbocycles. The Balaban J connectivity index is 0.00000256. The van der Waals surface area contributed by atoms with Crippen LogP contribution in [0.5, 0.6) is 0 Å². The number of amides is 2. The van der Waals surface area contributed by atoms with Gasteiger partial charge in [0, 0.05) is 30.5 Å². The van der Waals surface area contributed by atoms with Crippen molar-refractivity contribution < 1.29 is 14.1 Å². The lowest BCUT2D eigenvalue weighted by molar-refractivity contribution is -0.133. The number of hydrogen-bond donors (Lipinski definition) is 2. The lowest BCUT2D eigenvalue weighted by atomic mass is 9.74. The fourth-order valence-electron chi connectivity index (χ4n) is 4.50. The van der Waals surface area contributed by atoms with Gasteiger partial charge in [-0.25, -0.2) is 0 Å². The summed E-state index contributed by atoms with van der Waals surface area (Å²) >= 11 is 0. The van der Waals surface area contributed by atoms with Crippen LogP contribution in [0.2, 0.25) is 0 Å². The minimum Gasteiger partial charge on any atom is -0.364 e. The number of nitrogens with zero attached hydrogens (tertiary/aromatic N) is 2. The van der Waals surface area contributed by atoms with Gasteiger partial charge in [-0.2, -0.15) is 0 Å². The van der Waals surface area contributed by atoms with Crippen LogP contribution in [0, 0.1) is 5.92 Å². The summed E-state index contributed by atoms with van der Waals surface area (Å²) in [6.07, 6.45) is 3.74.